The summed E-state index contributed by atoms with van der Waals surface area (Å²) < 4.78 is 0. The first kappa shape index (κ1) is 13.3. The average molecular weight is 208 g/mol. The Kier molecular flexibility index (Phi) is 3.55. The molecule has 3 N–H and O–H groups in total. The Bertz CT molecular complexity index is 137. The smallest absolute Gasteiger partial charge is 0.0834 e. The summed E-state index contributed by atoms with van der Waals surface area (Å²) in [6, 6.07) is 0. The van der Waals surface area contributed by atoms with Gasteiger partial charge in [0.1, 0.15) is 0 Å². The summed E-state index contributed by atoms with van der Waals surface area (Å²) in [6.45, 7) is 9.72. The summed E-state index contributed by atoms with van der Waals surface area (Å²) in [7, 11) is -1.32. The van der Waals surface area contributed by atoms with Gasteiger partial charge in [0.15, 0.2) is 0 Å². The molecular weight excluding hydrogens is 187 g/mol. The highest BCUT2D eigenvalue weighted by molar-refractivity contribution is 7.61. The molecule has 3 nitrogen and oxygen atoms in total. The lowest BCUT2D eigenvalue weighted by atomic mass is 10.4. The van der Waals surface area contributed by atoms with Crippen LogP contribution in [0.4, 0.5) is 0 Å². The summed E-state index contributed by atoms with van der Waals surface area (Å²) >= 11 is 0. The van der Waals surface area contributed by atoms with Crippen LogP contribution in [0.5, 0.6) is 0 Å². The van der Waals surface area contributed by atoms with Gasteiger partial charge in [-0.15, -0.1) is 0 Å². The van der Waals surface area contributed by atoms with Crippen LogP contribution in [-0.4, -0.2) is 31.3 Å². The van der Waals surface area contributed by atoms with Crippen molar-refractivity contribution >= 4 is 7.92 Å². The van der Waals surface area contributed by atoms with E-state index in [0.717, 1.165) is 0 Å². The van der Waals surface area contributed by atoms with E-state index in [1.165, 1.54) is 0 Å². The molecule has 0 bridgehead atoms. The van der Waals surface area contributed by atoms with Crippen LogP contribution in [0, 0.1) is 0 Å². The molecule has 0 aromatic rings. The summed E-state index contributed by atoms with van der Waals surface area (Å²) in [5, 5.41) is 26.4. The lowest BCUT2D eigenvalue weighted by Crippen LogP contribution is -2.39. The Hall–Kier alpha value is 0.310. The van der Waals surface area contributed by atoms with Gasteiger partial charge in [-0.1, -0.05) is 0 Å². The van der Waals surface area contributed by atoms with Gasteiger partial charge in [0, 0.05) is 0 Å². The van der Waals surface area contributed by atoms with Crippen molar-refractivity contribution in [3.05, 3.63) is 0 Å². The van der Waals surface area contributed by atoms with Gasteiger partial charge in [0.05, 0.1) is 16.0 Å². The zero-order valence-corrected chi connectivity index (χ0v) is 10.2. The number of hydrogen-bond acceptors (Lipinski definition) is 3. The Labute approximate surface area is 81.5 Å². The predicted molar refractivity (Wildman–Crippen MR) is 55.8 cm³/mol. The number of hydrogen-bond donors (Lipinski definition) is 3. The summed E-state index contributed by atoms with van der Waals surface area (Å²) in [6.07, 6.45) is 0. The van der Waals surface area contributed by atoms with E-state index >= 15 is 0 Å². The maximum Gasteiger partial charge on any atom is 0.0834 e. The largest absolute Gasteiger partial charge is 0.386 e. The first-order valence-electron chi connectivity index (χ1n) is 4.34. The molecule has 4 heteroatoms. The molecule has 0 rings (SSSR count). The molecule has 0 aromatic heterocycles. The Morgan fingerprint density at radius 1 is 0.615 bits per heavy atom. The molecule has 0 atom stereocenters. The van der Waals surface area contributed by atoms with Crippen molar-refractivity contribution in [1.82, 2.24) is 0 Å². The van der Waals surface area contributed by atoms with Gasteiger partial charge < -0.3 is 15.3 Å². The highest BCUT2D eigenvalue weighted by Crippen LogP contribution is 2.64. The topological polar surface area (TPSA) is 60.7 Å². The summed E-state index contributed by atoms with van der Waals surface area (Å²) in [4.78, 5) is 0. The van der Waals surface area contributed by atoms with E-state index in [9.17, 15) is 15.3 Å². The zero-order chi connectivity index (χ0) is 11.1. The fourth-order valence-electron chi connectivity index (χ4n) is 2.01. The third-order valence-corrected chi connectivity index (χ3v) is 4.92. The second kappa shape index (κ2) is 3.47. The second-order valence-electron chi connectivity index (χ2n) is 4.82. The zero-order valence-electron chi connectivity index (χ0n) is 9.29. The molecule has 0 radical (unpaired) electrons. The van der Waals surface area contributed by atoms with Crippen molar-refractivity contribution in [1.29, 1.82) is 0 Å². The van der Waals surface area contributed by atoms with E-state index in [1.807, 2.05) is 0 Å². The first-order chi connectivity index (χ1) is 5.37. The van der Waals surface area contributed by atoms with Crippen molar-refractivity contribution in [2.75, 3.05) is 0 Å². The Morgan fingerprint density at radius 3 is 0.769 bits per heavy atom. The number of aliphatic hydroxyl groups is 3. The van der Waals surface area contributed by atoms with Crippen LogP contribution in [0.15, 0.2) is 0 Å². The van der Waals surface area contributed by atoms with Crippen LogP contribution in [0.1, 0.15) is 41.5 Å². The molecular formula is C9H21O3P. The molecule has 0 spiro atoms. The lowest BCUT2D eigenvalue weighted by Gasteiger charge is -2.45. The van der Waals surface area contributed by atoms with Crippen molar-refractivity contribution in [3.63, 3.8) is 0 Å². The molecule has 0 aliphatic rings. The molecule has 0 saturated heterocycles. The second-order valence-corrected chi connectivity index (χ2v) is 8.77. The molecule has 13 heavy (non-hydrogen) atoms. The molecule has 0 saturated carbocycles. The van der Waals surface area contributed by atoms with Gasteiger partial charge in [0.25, 0.3) is 0 Å². The minimum atomic E-state index is -1.32. The number of rotatable bonds is 3. The van der Waals surface area contributed by atoms with E-state index < -0.39 is 23.9 Å². The summed E-state index contributed by atoms with van der Waals surface area (Å²) in [5.74, 6) is 0. The lowest BCUT2D eigenvalue weighted by molar-refractivity contribution is 0.0954. The predicted octanol–water partition coefficient (Wildman–Crippen LogP) is 1.65. The van der Waals surface area contributed by atoms with Gasteiger partial charge in [-0.3, -0.25) is 0 Å². The molecule has 0 aromatic carbocycles. The third-order valence-electron chi connectivity index (χ3n) is 1.64. The van der Waals surface area contributed by atoms with E-state index in [0.29, 0.717) is 0 Å². The van der Waals surface area contributed by atoms with Crippen molar-refractivity contribution in [2.45, 2.75) is 57.6 Å². The van der Waals surface area contributed by atoms with Gasteiger partial charge in [-0.2, -0.15) is 0 Å². The van der Waals surface area contributed by atoms with Crippen molar-refractivity contribution in [2.24, 2.45) is 0 Å². The Morgan fingerprint density at radius 2 is 0.769 bits per heavy atom. The molecule has 0 aliphatic carbocycles. The summed E-state index contributed by atoms with van der Waals surface area (Å²) in [5.41, 5.74) is 0. The standard InChI is InChI=1S/C9H21O3P/c1-7(2,10)13(8(3,4)11)9(5,6)12/h10-12H,1-6H3. The highest BCUT2D eigenvalue weighted by atomic mass is 31.1. The van der Waals surface area contributed by atoms with Crippen LogP contribution in [0.2, 0.25) is 0 Å². The van der Waals surface area contributed by atoms with E-state index in [1.54, 1.807) is 41.5 Å². The Balaban J connectivity index is 5.02. The molecule has 0 amide bonds. The molecule has 0 heterocycles. The SMILES string of the molecule is CC(C)(O)P(C(C)(C)O)C(C)(C)O. The first-order valence-corrected chi connectivity index (χ1v) is 5.68. The van der Waals surface area contributed by atoms with Crippen LogP contribution in [0.25, 0.3) is 0 Å². The van der Waals surface area contributed by atoms with Crippen LogP contribution in [-0.2, 0) is 0 Å². The quantitative estimate of drug-likeness (QED) is 0.618. The van der Waals surface area contributed by atoms with Gasteiger partial charge in [0.2, 0.25) is 0 Å². The monoisotopic (exact) mass is 208 g/mol. The van der Waals surface area contributed by atoms with E-state index in [4.69, 9.17) is 0 Å². The van der Waals surface area contributed by atoms with Crippen molar-refractivity contribution < 1.29 is 15.3 Å². The minimum Gasteiger partial charge on any atom is -0.386 e. The molecule has 0 unspecified atom stereocenters. The maximum atomic E-state index is 9.86. The normalized spacial score (nSPS) is 15.2. The average Bonchev–Trinajstić information content (AvgIpc) is 1.44. The van der Waals surface area contributed by atoms with Gasteiger partial charge in [-0.05, 0) is 49.5 Å². The van der Waals surface area contributed by atoms with Crippen LogP contribution < -0.4 is 0 Å². The van der Waals surface area contributed by atoms with E-state index in [-0.39, 0.29) is 0 Å². The highest BCUT2D eigenvalue weighted by Gasteiger charge is 2.46. The third kappa shape index (κ3) is 3.90. The molecule has 80 valence electrons. The fourth-order valence-corrected chi connectivity index (χ4v) is 6.03. The van der Waals surface area contributed by atoms with Crippen molar-refractivity contribution in [3.8, 4) is 0 Å². The maximum absolute atomic E-state index is 9.86. The molecule has 0 aliphatic heterocycles. The minimum absolute atomic E-state index is 1.05. The van der Waals surface area contributed by atoms with E-state index in [2.05, 4.69) is 0 Å². The van der Waals surface area contributed by atoms with Gasteiger partial charge in [-0.25, -0.2) is 0 Å². The van der Waals surface area contributed by atoms with Gasteiger partial charge >= 0.3 is 0 Å². The molecule has 0 fully saturated rings. The van der Waals surface area contributed by atoms with Crippen LogP contribution in [0.3, 0.4) is 0 Å². The fraction of sp³-hybridized carbons (Fsp3) is 1.00. The van der Waals surface area contributed by atoms with Crippen LogP contribution >= 0.6 is 7.92 Å².